The maximum atomic E-state index is 5.61. The van der Waals surface area contributed by atoms with Crippen LogP contribution in [0.4, 0.5) is 0 Å². The van der Waals surface area contributed by atoms with E-state index in [0.29, 0.717) is 18.1 Å². The number of nitrogens with one attached hydrogen (secondary N) is 1. The van der Waals surface area contributed by atoms with E-state index in [9.17, 15) is 0 Å². The molecule has 13 heavy (non-hydrogen) atoms. The molecule has 0 spiro atoms. The number of hydrogen-bond acceptors (Lipinski definition) is 2. The van der Waals surface area contributed by atoms with Crippen LogP contribution in [-0.4, -0.2) is 25.3 Å². The molecular weight excluding hydrogens is 162 g/mol. The number of rotatable bonds is 5. The highest BCUT2D eigenvalue weighted by molar-refractivity contribution is 4.84. The van der Waals surface area contributed by atoms with Crippen molar-refractivity contribution in [3.8, 4) is 0 Å². The molecule has 0 aromatic heterocycles. The van der Waals surface area contributed by atoms with Crippen LogP contribution >= 0.6 is 0 Å². The van der Waals surface area contributed by atoms with Crippen molar-refractivity contribution in [3.05, 3.63) is 12.7 Å². The van der Waals surface area contributed by atoms with Gasteiger partial charge in [0.2, 0.25) is 0 Å². The monoisotopic (exact) mass is 183 g/mol. The molecule has 1 N–H and O–H groups in total. The Labute approximate surface area is 81.4 Å². The lowest BCUT2D eigenvalue weighted by molar-refractivity contribution is 0.0870. The Kier molecular flexibility index (Phi) is 4.46. The molecule has 2 nitrogen and oxygen atoms in total. The summed E-state index contributed by atoms with van der Waals surface area (Å²) in [4.78, 5) is 0. The average molecular weight is 183 g/mol. The van der Waals surface area contributed by atoms with E-state index in [-0.39, 0.29) is 0 Å². The van der Waals surface area contributed by atoms with E-state index in [4.69, 9.17) is 4.74 Å². The Morgan fingerprint density at radius 2 is 2.46 bits per heavy atom. The van der Waals surface area contributed by atoms with Gasteiger partial charge < -0.3 is 10.1 Å². The molecule has 1 heterocycles. The van der Waals surface area contributed by atoms with E-state index in [0.717, 1.165) is 19.6 Å². The molecule has 3 unspecified atom stereocenters. The van der Waals surface area contributed by atoms with Crippen molar-refractivity contribution in [2.24, 2.45) is 5.92 Å². The molecule has 76 valence electrons. The summed E-state index contributed by atoms with van der Waals surface area (Å²) in [5, 5.41) is 3.44. The van der Waals surface area contributed by atoms with Crippen molar-refractivity contribution in [2.45, 2.75) is 38.8 Å². The first-order chi connectivity index (χ1) is 6.27. The highest BCUT2D eigenvalue weighted by Crippen LogP contribution is 2.22. The zero-order valence-electron chi connectivity index (χ0n) is 8.75. The van der Waals surface area contributed by atoms with Crippen LogP contribution in [0.25, 0.3) is 0 Å². The Balaban J connectivity index is 2.23. The predicted molar refractivity (Wildman–Crippen MR) is 55.8 cm³/mol. The van der Waals surface area contributed by atoms with Crippen molar-refractivity contribution < 1.29 is 4.74 Å². The summed E-state index contributed by atoms with van der Waals surface area (Å²) in [5.74, 6) is 0.701. The fourth-order valence-electron chi connectivity index (χ4n) is 1.80. The van der Waals surface area contributed by atoms with Gasteiger partial charge in [-0.15, -0.1) is 6.58 Å². The van der Waals surface area contributed by atoms with E-state index >= 15 is 0 Å². The second-order valence-electron chi connectivity index (χ2n) is 3.80. The predicted octanol–water partition coefficient (Wildman–Crippen LogP) is 1.97. The summed E-state index contributed by atoms with van der Waals surface area (Å²) in [7, 11) is 0. The first kappa shape index (κ1) is 10.7. The lowest BCUT2D eigenvalue weighted by atomic mass is 9.99. The summed E-state index contributed by atoms with van der Waals surface area (Å²) in [6.07, 6.45) is 4.76. The SMILES string of the molecule is C=CC(C)NCC1CCOC1CC. The highest BCUT2D eigenvalue weighted by Gasteiger charge is 2.26. The summed E-state index contributed by atoms with van der Waals surface area (Å²) < 4.78 is 5.61. The van der Waals surface area contributed by atoms with Crippen LogP contribution in [-0.2, 0) is 4.74 Å². The van der Waals surface area contributed by atoms with Gasteiger partial charge in [-0.25, -0.2) is 0 Å². The third kappa shape index (κ3) is 3.12. The summed E-state index contributed by atoms with van der Waals surface area (Å²) in [6, 6.07) is 0.415. The minimum atomic E-state index is 0.415. The molecule has 1 rings (SSSR count). The molecule has 0 aromatic rings. The minimum Gasteiger partial charge on any atom is -0.378 e. The zero-order valence-corrected chi connectivity index (χ0v) is 8.75. The Hall–Kier alpha value is -0.340. The second kappa shape index (κ2) is 5.40. The zero-order chi connectivity index (χ0) is 9.68. The van der Waals surface area contributed by atoms with Gasteiger partial charge in [-0.1, -0.05) is 13.0 Å². The van der Waals surface area contributed by atoms with Crippen LogP contribution in [0.1, 0.15) is 26.7 Å². The smallest absolute Gasteiger partial charge is 0.0613 e. The summed E-state index contributed by atoms with van der Waals surface area (Å²) in [6.45, 7) is 10.1. The van der Waals surface area contributed by atoms with E-state index in [2.05, 4.69) is 25.7 Å². The van der Waals surface area contributed by atoms with E-state index in [1.807, 2.05) is 6.08 Å². The van der Waals surface area contributed by atoms with Gasteiger partial charge in [0, 0.05) is 19.2 Å². The van der Waals surface area contributed by atoms with Crippen LogP contribution in [0.2, 0.25) is 0 Å². The topological polar surface area (TPSA) is 21.3 Å². The van der Waals surface area contributed by atoms with Gasteiger partial charge in [0.15, 0.2) is 0 Å². The maximum Gasteiger partial charge on any atom is 0.0613 e. The molecule has 0 amide bonds. The minimum absolute atomic E-state index is 0.415. The molecule has 1 aliphatic rings. The van der Waals surface area contributed by atoms with Crippen molar-refractivity contribution >= 4 is 0 Å². The quantitative estimate of drug-likeness (QED) is 0.658. The molecule has 0 saturated carbocycles. The van der Waals surface area contributed by atoms with Crippen LogP contribution in [0.5, 0.6) is 0 Å². The normalized spacial score (nSPS) is 30.3. The van der Waals surface area contributed by atoms with E-state index in [1.54, 1.807) is 0 Å². The van der Waals surface area contributed by atoms with Crippen molar-refractivity contribution in [1.82, 2.24) is 5.32 Å². The van der Waals surface area contributed by atoms with Gasteiger partial charge in [-0.05, 0) is 25.7 Å². The molecule has 0 aliphatic carbocycles. The molecule has 2 heteroatoms. The first-order valence-corrected chi connectivity index (χ1v) is 5.25. The Morgan fingerprint density at radius 1 is 1.69 bits per heavy atom. The summed E-state index contributed by atoms with van der Waals surface area (Å²) >= 11 is 0. The molecule has 1 fully saturated rings. The van der Waals surface area contributed by atoms with Crippen LogP contribution in [0, 0.1) is 5.92 Å². The summed E-state index contributed by atoms with van der Waals surface area (Å²) in [5.41, 5.74) is 0. The lowest BCUT2D eigenvalue weighted by Gasteiger charge is -2.18. The number of ether oxygens (including phenoxy) is 1. The highest BCUT2D eigenvalue weighted by atomic mass is 16.5. The molecule has 3 atom stereocenters. The molecule has 1 aliphatic heterocycles. The number of hydrogen-bond donors (Lipinski definition) is 1. The fourth-order valence-corrected chi connectivity index (χ4v) is 1.80. The van der Waals surface area contributed by atoms with E-state index in [1.165, 1.54) is 6.42 Å². The average Bonchev–Trinajstić information content (AvgIpc) is 2.61. The standard InChI is InChI=1S/C11H21NO/c1-4-9(3)12-8-10-6-7-13-11(10)5-2/h4,9-12H,1,5-8H2,2-3H3. The first-order valence-electron chi connectivity index (χ1n) is 5.25. The lowest BCUT2D eigenvalue weighted by Crippen LogP contribution is -2.33. The van der Waals surface area contributed by atoms with Gasteiger partial charge in [-0.3, -0.25) is 0 Å². The Bertz CT molecular complexity index is 158. The molecule has 0 aromatic carbocycles. The third-order valence-electron chi connectivity index (χ3n) is 2.80. The molecular formula is C11H21NO. The third-order valence-corrected chi connectivity index (χ3v) is 2.80. The van der Waals surface area contributed by atoms with Gasteiger partial charge in [0.25, 0.3) is 0 Å². The van der Waals surface area contributed by atoms with Gasteiger partial charge in [0.05, 0.1) is 6.10 Å². The van der Waals surface area contributed by atoms with Crippen molar-refractivity contribution in [3.63, 3.8) is 0 Å². The van der Waals surface area contributed by atoms with E-state index < -0.39 is 0 Å². The van der Waals surface area contributed by atoms with Crippen LogP contribution in [0.15, 0.2) is 12.7 Å². The van der Waals surface area contributed by atoms with Crippen LogP contribution < -0.4 is 5.32 Å². The van der Waals surface area contributed by atoms with Crippen molar-refractivity contribution in [1.29, 1.82) is 0 Å². The van der Waals surface area contributed by atoms with Gasteiger partial charge in [0.1, 0.15) is 0 Å². The molecule has 1 saturated heterocycles. The largest absolute Gasteiger partial charge is 0.378 e. The fraction of sp³-hybridized carbons (Fsp3) is 0.818. The van der Waals surface area contributed by atoms with Crippen molar-refractivity contribution in [2.75, 3.05) is 13.2 Å². The van der Waals surface area contributed by atoms with Crippen LogP contribution in [0.3, 0.4) is 0 Å². The molecule has 0 radical (unpaired) electrons. The maximum absolute atomic E-state index is 5.61. The van der Waals surface area contributed by atoms with Gasteiger partial charge >= 0.3 is 0 Å². The van der Waals surface area contributed by atoms with Gasteiger partial charge in [-0.2, -0.15) is 0 Å². The second-order valence-corrected chi connectivity index (χ2v) is 3.80. The molecule has 0 bridgehead atoms. The Morgan fingerprint density at radius 3 is 3.08 bits per heavy atom.